The Hall–Kier alpha value is -2.50. The van der Waals surface area contributed by atoms with Crippen molar-refractivity contribution < 1.29 is 14.3 Å². The first-order chi connectivity index (χ1) is 15.5. The highest BCUT2D eigenvalue weighted by Gasteiger charge is 2.67. The van der Waals surface area contributed by atoms with Crippen LogP contribution in [0.3, 0.4) is 0 Å². The van der Waals surface area contributed by atoms with Gasteiger partial charge in [-0.25, -0.2) is 0 Å². The van der Waals surface area contributed by atoms with Gasteiger partial charge in [0, 0.05) is 43.2 Å². The number of piperidine rings is 1. The van der Waals surface area contributed by atoms with E-state index in [4.69, 9.17) is 4.74 Å². The predicted octanol–water partition coefficient (Wildman–Crippen LogP) is 3.42. The summed E-state index contributed by atoms with van der Waals surface area (Å²) in [5.41, 5.74) is 2.93. The molecular formula is C27H30N2O3. The van der Waals surface area contributed by atoms with Gasteiger partial charge in [-0.3, -0.25) is 14.5 Å². The molecule has 32 heavy (non-hydrogen) atoms. The van der Waals surface area contributed by atoms with Gasteiger partial charge in [0.2, 0.25) is 5.91 Å². The van der Waals surface area contributed by atoms with E-state index in [0.29, 0.717) is 13.2 Å². The Bertz CT molecular complexity index is 1070. The molecule has 4 aliphatic heterocycles. The molecule has 0 aromatic heterocycles. The van der Waals surface area contributed by atoms with Gasteiger partial charge in [0.15, 0.2) is 0 Å². The Morgan fingerprint density at radius 1 is 1.06 bits per heavy atom. The number of hydrogen-bond donors (Lipinski definition) is 0. The summed E-state index contributed by atoms with van der Waals surface area (Å²) in [7, 11) is 1.91. The number of rotatable bonds is 3. The van der Waals surface area contributed by atoms with Crippen LogP contribution in [0, 0.1) is 17.8 Å². The molecule has 166 valence electrons. The summed E-state index contributed by atoms with van der Waals surface area (Å²) in [4.78, 5) is 30.9. The third-order valence-corrected chi connectivity index (χ3v) is 8.75. The van der Waals surface area contributed by atoms with E-state index < -0.39 is 5.41 Å². The fraction of sp³-hybridized carbons (Fsp3) is 0.481. The van der Waals surface area contributed by atoms with E-state index in [0.717, 1.165) is 30.6 Å². The van der Waals surface area contributed by atoms with Gasteiger partial charge in [-0.2, -0.15) is 0 Å². The number of likely N-dealkylation sites (N-methyl/N-ethyl adjacent to an activating group) is 1. The fourth-order valence-electron chi connectivity index (χ4n) is 7.33. The van der Waals surface area contributed by atoms with E-state index in [1.807, 2.05) is 24.1 Å². The molecule has 1 unspecified atom stereocenters. The van der Waals surface area contributed by atoms with Crippen LogP contribution in [0.4, 0.5) is 5.69 Å². The SMILES string of the molecule is CC(=O)C1COC[C@@H]2[C@H]1C[C@@H]1N(Cc3ccccc3)[C@H]2C[C@@]12C(=O)N(C)c1ccccc12. The highest BCUT2D eigenvalue weighted by atomic mass is 16.5. The van der Waals surface area contributed by atoms with Crippen molar-refractivity contribution in [1.29, 1.82) is 0 Å². The van der Waals surface area contributed by atoms with Gasteiger partial charge in [-0.15, -0.1) is 0 Å². The first-order valence-electron chi connectivity index (χ1n) is 11.8. The summed E-state index contributed by atoms with van der Waals surface area (Å²) in [6.07, 6.45) is 1.68. The third-order valence-electron chi connectivity index (χ3n) is 8.75. The maximum Gasteiger partial charge on any atom is 0.239 e. The first kappa shape index (κ1) is 20.1. The smallest absolute Gasteiger partial charge is 0.239 e. The first-order valence-corrected chi connectivity index (χ1v) is 11.8. The Balaban J connectivity index is 1.48. The molecular weight excluding hydrogens is 400 g/mol. The quantitative estimate of drug-likeness (QED) is 0.749. The van der Waals surface area contributed by atoms with Crippen molar-refractivity contribution >= 4 is 17.4 Å². The Labute approximate surface area is 189 Å². The minimum absolute atomic E-state index is 0.0581. The fourth-order valence-corrected chi connectivity index (χ4v) is 7.33. The number of fused-ring (bicyclic) bond motifs is 7. The zero-order valence-corrected chi connectivity index (χ0v) is 18.7. The van der Waals surface area contributed by atoms with Crippen LogP contribution in [0.2, 0.25) is 0 Å². The number of ether oxygens (including phenoxy) is 1. The lowest BCUT2D eigenvalue weighted by Gasteiger charge is -2.50. The summed E-state index contributed by atoms with van der Waals surface area (Å²) in [5.74, 6) is 0.941. The molecule has 4 aliphatic rings. The van der Waals surface area contributed by atoms with Gasteiger partial charge < -0.3 is 9.64 Å². The van der Waals surface area contributed by atoms with Crippen molar-refractivity contribution in [2.45, 2.75) is 43.8 Å². The molecule has 2 aromatic rings. The molecule has 2 bridgehead atoms. The maximum atomic E-state index is 13.9. The van der Waals surface area contributed by atoms with Crippen LogP contribution in [0.15, 0.2) is 54.6 Å². The molecule has 0 aliphatic carbocycles. The van der Waals surface area contributed by atoms with Gasteiger partial charge in [0.1, 0.15) is 5.78 Å². The van der Waals surface area contributed by atoms with Crippen molar-refractivity contribution in [2.24, 2.45) is 17.8 Å². The van der Waals surface area contributed by atoms with Gasteiger partial charge in [0.25, 0.3) is 0 Å². The molecule has 1 spiro atoms. The zero-order chi connectivity index (χ0) is 22.0. The molecule has 5 nitrogen and oxygen atoms in total. The molecule has 0 radical (unpaired) electrons. The number of carbonyl (C=O) groups excluding carboxylic acids is 2. The number of para-hydroxylation sites is 1. The Morgan fingerprint density at radius 2 is 1.81 bits per heavy atom. The molecule has 1 amide bonds. The molecule has 0 N–H and O–H groups in total. The second-order valence-corrected chi connectivity index (χ2v) is 10.1. The Morgan fingerprint density at radius 3 is 2.59 bits per heavy atom. The molecule has 2 aromatic carbocycles. The van der Waals surface area contributed by atoms with Crippen LogP contribution in [-0.4, -0.2) is 48.9 Å². The lowest BCUT2D eigenvalue weighted by molar-refractivity contribution is -0.139. The number of hydrogen-bond acceptors (Lipinski definition) is 4. The summed E-state index contributed by atoms with van der Waals surface area (Å²) in [5, 5.41) is 0. The summed E-state index contributed by atoms with van der Waals surface area (Å²) in [6.45, 7) is 3.73. The number of Topliss-reactive ketones (excluding diaryl/α,β-unsaturated/α-hetero) is 1. The van der Waals surface area contributed by atoms with Crippen LogP contribution in [0.5, 0.6) is 0 Å². The van der Waals surface area contributed by atoms with Crippen LogP contribution in [0.25, 0.3) is 0 Å². The van der Waals surface area contributed by atoms with Crippen LogP contribution >= 0.6 is 0 Å². The van der Waals surface area contributed by atoms with Crippen molar-refractivity contribution in [2.75, 3.05) is 25.2 Å². The van der Waals surface area contributed by atoms with Crippen LogP contribution < -0.4 is 4.90 Å². The monoisotopic (exact) mass is 430 g/mol. The van der Waals surface area contributed by atoms with Crippen molar-refractivity contribution in [3.05, 3.63) is 65.7 Å². The Kier molecular flexibility index (Phi) is 4.57. The number of ketones is 1. The second kappa shape index (κ2) is 7.26. The molecule has 5 heteroatoms. The molecule has 4 heterocycles. The summed E-state index contributed by atoms with van der Waals surface area (Å²) < 4.78 is 5.99. The van der Waals surface area contributed by atoms with E-state index in [9.17, 15) is 9.59 Å². The van der Waals surface area contributed by atoms with Crippen molar-refractivity contribution in [3.63, 3.8) is 0 Å². The van der Waals surface area contributed by atoms with Gasteiger partial charge in [-0.1, -0.05) is 48.5 Å². The van der Waals surface area contributed by atoms with Crippen LogP contribution in [-0.2, 0) is 26.3 Å². The minimum Gasteiger partial charge on any atom is -0.380 e. The molecule has 3 saturated heterocycles. The normalized spacial score (nSPS) is 35.8. The van der Waals surface area contributed by atoms with Crippen LogP contribution in [0.1, 0.15) is 30.9 Å². The lowest BCUT2D eigenvalue weighted by Crippen LogP contribution is -2.57. The zero-order valence-electron chi connectivity index (χ0n) is 18.7. The average molecular weight is 431 g/mol. The minimum atomic E-state index is -0.538. The average Bonchev–Trinajstić information content (AvgIpc) is 3.16. The number of benzene rings is 2. The van der Waals surface area contributed by atoms with E-state index >= 15 is 0 Å². The summed E-state index contributed by atoms with van der Waals surface area (Å²) >= 11 is 0. The van der Waals surface area contributed by atoms with Gasteiger partial charge in [-0.05, 0) is 42.9 Å². The standard InChI is InChI=1S/C27H30N2O3/c1-17(30)20-15-32-16-21-19(20)12-25-27(22-10-6-7-11-23(22)28(2)26(27)31)13-24(21)29(25)14-18-8-4-3-5-9-18/h3-11,19-21,24-25H,12-16H2,1-2H3/t19-,20?,21+,24-,25-,27-/m0/s1. The van der Waals surface area contributed by atoms with Gasteiger partial charge in [0.05, 0.1) is 18.6 Å². The molecule has 3 fully saturated rings. The lowest BCUT2D eigenvalue weighted by atomic mass is 9.69. The molecule has 6 atom stereocenters. The predicted molar refractivity (Wildman–Crippen MR) is 122 cm³/mol. The van der Waals surface area contributed by atoms with E-state index in [1.54, 1.807) is 6.92 Å². The van der Waals surface area contributed by atoms with Crippen molar-refractivity contribution in [1.82, 2.24) is 4.90 Å². The molecule has 0 saturated carbocycles. The number of anilines is 1. The highest BCUT2D eigenvalue weighted by molar-refractivity contribution is 6.08. The van der Waals surface area contributed by atoms with Crippen molar-refractivity contribution in [3.8, 4) is 0 Å². The van der Waals surface area contributed by atoms with Gasteiger partial charge >= 0.3 is 0 Å². The largest absolute Gasteiger partial charge is 0.380 e. The molecule has 6 rings (SSSR count). The van der Waals surface area contributed by atoms with E-state index in [-0.39, 0.29) is 41.5 Å². The third kappa shape index (κ3) is 2.64. The number of nitrogens with zero attached hydrogens (tertiary/aromatic N) is 2. The van der Waals surface area contributed by atoms with E-state index in [1.165, 1.54) is 5.56 Å². The maximum absolute atomic E-state index is 13.9. The topological polar surface area (TPSA) is 49.9 Å². The number of carbonyl (C=O) groups is 2. The summed E-state index contributed by atoms with van der Waals surface area (Å²) in [6, 6.07) is 19.2. The van der Waals surface area contributed by atoms with E-state index in [2.05, 4.69) is 47.4 Å². The second-order valence-electron chi connectivity index (χ2n) is 10.1. The number of amides is 1. The highest BCUT2D eigenvalue weighted by Crippen LogP contribution is 2.60.